The maximum atomic E-state index is 12.0. The molecule has 0 aliphatic heterocycles. The van der Waals surface area contributed by atoms with Crippen LogP contribution in [-0.4, -0.2) is 38.3 Å². The molecule has 25 heavy (non-hydrogen) atoms. The molecule has 0 saturated carbocycles. The highest BCUT2D eigenvalue weighted by atomic mass is 32.2. The van der Waals surface area contributed by atoms with Crippen molar-refractivity contribution in [1.82, 2.24) is 10.4 Å². The number of rotatable bonds is 7. The number of nitrogens with one attached hydrogen (secondary N) is 1. The van der Waals surface area contributed by atoms with Gasteiger partial charge in [0.15, 0.2) is 0 Å². The van der Waals surface area contributed by atoms with Gasteiger partial charge >= 0.3 is 0 Å². The van der Waals surface area contributed by atoms with Gasteiger partial charge in [0.2, 0.25) is 10.0 Å². The Bertz CT molecular complexity index is 834. The van der Waals surface area contributed by atoms with E-state index in [0.29, 0.717) is 11.4 Å². The van der Waals surface area contributed by atoms with E-state index in [0.717, 1.165) is 22.5 Å². The van der Waals surface area contributed by atoms with Gasteiger partial charge in [-0.3, -0.25) is 14.1 Å². The van der Waals surface area contributed by atoms with Crippen LogP contribution in [0.5, 0.6) is 0 Å². The van der Waals surface area contributed by atoms with Crippen LogP contribution >= 0.6 is 0 Å². The van der Waals surface area contributed by atoms with Crippen molar-refractivity contribution >= 4 is 27.8 Å². The number of benzene rings is 1. The summed E-state index contributed by atoms with van der Waals surface area (Å²) in [5.41, 5.74) is 4.41. The molecule has 0 aliphatic carbocycles. The van der Waals surface area contributed by atoms with Gasteiger partial charge in [-0.15, -0.1) is 0 Å². The number of pyridine rings is 1. The van der Waals surface area contributed by atoms with E-state index in [9.17, 15) is 13.2 Å². The first-order chi connectivity index (χ1) is 11.9. The lowest BCUT2D eigenvalue weighted by Gasteiger charge is -2.21. The Balaban J connectivity index is 2.06. The number of hydrogen-bond donors (Lipinski definition) is 1. The standard InChI is InChI=1S/C17H20N4O3S/c1-3-14-7-9-16(10-8-14)21(25(2,23)24)13-17(22)20-19-12-15-6-4-5-11-18-15/h4-12H,3,13H2,1-2H3,(H,20,22)/b19-12-. The van der Waals surface area contributed by atoms with Crippen LogP contribution in [0.25, 0.3) is 0 Å². The quantitative estimate of drug-likeness (QED) is 0.599. The van der Waals surface area contributed by atoms with Crippen molar-refractivity contribution in [3.05, 3.63) is 59.9 Å². The molecule has 2 rings (SSSR count). The van der Waals surface area contributed by atoms with Crippen LogP contribution in [0, 0.1) is 0 Å². The van der Waals surface area contributed by atoms with E-state index in [1.807, 2.05) is 19.1 Å². The SMILES string of the molecule is CCc1ccc(N(CC(=O)N/N=C\c2ccccn2)S(C)(=O)=O)cc1. The molecule has 0 spiro atoms. The fourth-order valence-electron chi connectivity index (χ4n) is 2.09. The maximum Gasteiger partial charge on any atom is 0.260 e. The zero-order valence-corrected chi connectivity index (χ0v) is 14.9. The largest absolute Gasteiger partial charge is 0.271 e. The van der Waals surface area contributed by atoms with Crippen LogP contribution in [0.4, 0.5) is 5.69 Å². The van der Waals surface area contributed by atoms with Crippen molar-refractivity contribution < 1.29 is 13.2 Å². The predicted octanol–water partition coefficient (Wildman–Crippen LogP) is 1.56. The lowest BCUT2D eigenvalue weighted by molar-refractivity contribution is -0.119. The van der Waals surface area contributed by atoms with Crippen LogP contribution in [0.1, 0.15) is 18.2 Å². The van der Waals surface area contributed by atoms with Crippen LogP contribution in [0.3, 0.4) is 0 Å². The number of anilines is 1. The van der Waals surface area contributed by atoms with E-state index in [1.165, 1.54) is 6.21 Å². The van der Waals surface area contributed by atoms with Crippen molar-refractivity contribution in [3.8, 4) is 0 Å². The summed E-state index contributed by atoms with van der Waals surface area (Å²) < 4.78 is 25.1. The topological polar surface area (TPSA) is 91.7 Å². The fraction of sp³-hybridized carbons (Fsp3) is 0.235. The molecule has 1 aromatic carbocycles. The normalized spacial score (nSPS) is 11.4. The summed E-state index contributed by atoms with van der Waals surface area (Å²) >= 11 is 0. The molecule has 1 heterocycles. The molecule has 1 amide bonds. The fourth-order valence-corrected chi connectivity index (χ4v) is 2.94. The number of aromatic nitrogens is 1. The van der Waals surface area contributed by atoms with E-state index in [4.69, 9.17) is 0 Å². The summed E-state index contributed by atoms with van der Waals surface area (Å²) in [6.45, 7) is 1.65. The number of carbonyl (C=O) groups excluding carboxylic acids is 1. The summed E-state index contributed by atoms with van der Waals surface area (Å²) in [6, 6.07) is 12.3. The summed E-state index contributed by atoms with van der Waals surface area (Å²) in [6.07, 6.45) is 4.90. The van der Waals surface area contributed by atoms with Crippen molar-refractivity contribution in [2.24, 2.45) is 5.10 Å². The number of hydrogen-bond acceptors (Lipinski definition) is 5. The lowest BCUT2D eigenvalue weighted by atomic mass is 10.1. The molecule has 132 valence electrons. The van der Waals surface area contributed by atoms with E-state index in [2.05, 4.69) is 15.5 Å². The third kappa shape index (κ3) is 5.68. The highest BCUT2D eigenvalue weighted by molar-refractivity contribution is 7.92. The third-order valence-corrected chi connectivity index (χ3v) is 4.53. The van der Waals surface area contributed by atoms with Gasteiger partial charge < -0.3 is 0 Å². The first-order valence-electron chi connectivity index (χ1n) is 7.69. The Labute approximate surface area is 147 Å². The van der Waals surface area contributed by atoms with Gasteiger partial charge in [-0.05, 0) is 36.2 Å². The molecule has 0 unspecified atom stereocenters. The Morgan fingerprint density at radius 3 is 2.52 bits per heavy atom. The number of amides is 1. The van der Waals surface area contributed by atoms with Gasteiger partial charge in [-0.1, -0.05) is 25.1 Å². The second-order valence-corrected chi connectivity index (χ2v) is 7.24. The van der Waals surface area contributed by atoms with Crippen LogP contribution < -0.4 is 9.73 Å². The Morgan fingerprint density at radius 1 is 1.24 bits per heavy atom. The van der Waals surface area contributed by atoms with Crippen molar-refractivity contribution in [2.75, 3.05) is 17.1 Å². The summed E-state index contributed by atoms with van der Waals surface area (Å²) in [7, 11) is -3.60. The van der Waals surface area contributed by atoms with Gasteiger partial charge in [0.1, 0.15) is 6.54 Å². The lowest BCUT2D eigenvalue weighted by Crippen LogP contribution is -2.39. The van der Waals surface area contributed by atoms with E-state index in [-0.39, 0.29) is 6.54 Å². The molecule has 0 radical (unpaired) electrons. The molecule has 0 atom stereocenters. The number of nitrogens with zero attached hydrogens (tertiary/aromatic N) is 3. The van der Waals surface area contributed by atoms with Crippen molar-refractivity contribution in [2.45, 2.75) is 13.3 Å². The van der Waals surface area contributed by atoms with Crippen molar-refractivity contribution in [3.63, 3.8) is 0 Å². The molecule has 1 N–H and O–H groups in total. The highest BCUT2D eigenvalue weighted by Crippen LogP contribution is 2.18. The number of hydrazone groups is 1. The molecule has 1 aromatic heterocycles. The van der Waals surface area contributed by atoms with E-state index in [1.54, 1.807) is 36.5 Å². The van der Waals surface area contributed by atoms with E-state index < -0.39 is 15.9 Å². The average molecular weight is 360 g/mol. The number of carbonyl (C=O) groups is 1. The average Bonchev–Trinajstić information content (AvgIpc) is 2.60. The molecule has 0 bridgehead atoms. The maximum absolute atomic E-state index is 12.0. The molecule has 7 nitrogen and oxygen atoms in total. The first-order valence-corrected chi connectivity index (χ1v) is 9.54. The third-order valence-electron chi connectivity index (χ3n) is 3.39. The minimum absolute atomic E-state index is 0.357. The van der Waals surface area contributed by atoms with Gasteiger partial charge in [0.05, 0.1) is 23.9 Å². The van der Waals surface area contributed by atoms with E-state index >= 15 is 0 Å². The van der Waals surface area contributed by atoms with Crippen molar-refractivity contribution in [1.29, 1.82) is 0 Å². The molecular formula is C17H20N4O3S. The summed E-state index contributed by atoms with van der Waals surface area (Å²) in [4.78, 5) is 16.1. The Kier molecular flexibility index (Phi) is 6.24. The molecule has 0 saturated heterocycles. The smallest absolute Gasteiger partial charge is 0.260 e. The van der Waals surface area contributed by atoms with Gasteiger partial charge in [0, 0.05) is 6.20 Å². The Morgan fingerprint density at radius 2 is 1.96 bits per heavy atom. The summed E-state index contributed by atoms with van der Waals surface area (Å²) in [5, 5.41) is 3.79. The zero-order valence-electron chi connectivity index (χ0n) is 14.1. The van der Waals surface area contributed by atoms with Gasteiger partial charge in [-0.2, -0.15) is 5.10 Å². The van der Waals surface area contributed by atoms with Crippen LogP contribution in [0.15, 0.2) is 53.8 Å². The molecular weight excluding hydrogens is 340 g/mol. The second-order valence-electron chi connectivity index (χ2n) is 5.34. The summed E-state index contributed by atoms with van der Waals surface area (Å²) in [5.74, 6) is -0.544. The molecule has 8 heteroatoms. The Hall–Kier alpha value is -2.74. The predicted molar refractivity (Wildman–Crippen MR) is 98.0 cm³/mol. The molecule has 0 aliphatic rings. The molecule has 0 fully saturated rings. The van der Waals surface area contributed by atoms with Gasteiger partial charge in [-0.25, -0.2) is 13.8 Å². The second kappa shape index (κ2) is 8.39. The number of aryl methyl sites for hydroxylation is 1. The zero-order chi connectivity index (χ0) is 18.3. The first kappa shape index (κ1) is 18.6. The minimum atomic E-state index is -3.60. The minimum Gasteiger partial charge on any atom is -0.271 e. The van der Waals surface area contributed by atoms with Crippen LogP contribution in [0.2, 0.25) is 0 Å². The number of sulfonamides is 1. The molecule has 2 aromatic rings. The van der Waals surface area contributed by atoms with Gasteiger partial charge in [0.25, 0.3) is 5.91 Å². The highest BCUT2D eigenvalue weighted by Gasteiger charge is 2.20. The monoisotopic (exact) mass is 360 g/mol. The van der Waals surface area contributed by atoms with Crippen LogP contribution in [-0.2, 0) is 21.2 Å².